The van der Waals surface area contributed by atoms with Crippen molar-refractivity contribution in [2.45, 2.75) is 19.4 Å². The lowest BCUT2D eigenvalue weighted by molar-refractivity contribution is 0.276. The lowest BCUT2D eigenvalue weighted by Crippen LogP contribution is -2.27. The molecule has 0 aromatic carbocycles. The van der Waals surface area contributed by atoms with Crippen LogP contribution in [0.1, 0.15) is 25.1 Å². The van der Waals surface area contributed by atoms with Gasteiger partial charge in [-0.3, -0.25) is 0 Å². The Morgan fingerprint density at radius 1 is 1.39 bits per heavy atom. The highest BCUT2D eigenvalue weighted by atomic mass is 16.5. The van der Waals surface area contributed by atoms with Crippen LogP contribution in [0, 0.1) is 0 Å². The van der Waals surface area contributed by atoms with Gasteiger partial charge in [-0.15, -0.1) is 0 Å². The minimum absolute atomic E-state index is 0.151. The number of nitrogens with zero attached hydrogens (tertiary/aromatic N) is 4. The topological polar surface area (TPSA) is 75.1 Å². The first-order valence-electron chi connectivity index (χ1n) is 5.96. The van der Waals surface area contributed by atoms with Crippen LogP contribution in [0.5, 0.6) is 5.88 Å². The van der Waals surface area contributed by atoms with Gasteiger partial charge in [0.25, 0.3) is 0 Å². The summed E-state index contributed by atoms with van der Waals surface area (Å²) in [5.74, 6) is 1.26. The Hall–Kier alpha value is -1.95. The van der Waals surface area contributed by atoms with E-state index >= 15 is 0 Å². The monoisotopic (exact) mass is 245 g/mol. The van der Waals surface area contributed by atoms with E-state index < -0.39 is 0 Å². The highest BCUT2D eigenvalue weighted by molar-refractivity contribution is 5.59. The van der Waals surface area contributed by atoms with Crippen LogP contribution in [0.3, 0.4) is 0 Å². The first-order valence-corrected chi connectivity index (χ1v) is 5.96. The molecule has 3 rings (SSSR count). The summed E-state index contributed by atoms with van der Waals surface area (Å²) in [5.41, 5.74) is 1.25. The molecule has 18 heavy (non-hydrogen) atoms. The molecule has 1 radical (unpaired) electrons. The zero-order valence-electron chi connectivity index (χ0n) is 10.0. The number of hydrogen-bond donors (Lipinski definition) is 0. The summed E-state index contributed by atoms with van der Waals surface area (Å²) in [6, 6.07) is 2.01. The van der Waals surface area contributed by atoms with Gasteiger partial charge in [-0.25, -0.2) is 15.3 Å². The van der Waals surface area contributed by atoms with Gasteiger partial charge in [0, 0.05) is 25.0 Å². The van der Waals surface area contributed by atoms with Crippen molar-refractivity contribution < 1.29 is 9.26 Å². The second kappa shape index (κ2) is 4.73. The molecule has 0 spiro atoms. The van der Waals surface area contributed by atoms with Gasteiger partial charge >= 0.3 is 0 Å². The lowest BCUT2D eigenvalue weighted by atomic mass is 10.0. The first kappa shape index (κ1) is 11.2. The van der Waals surface area contributed by atoms with Gasteiger partial charge in [-0.05, 0) is 13.3 Å². The van der Waals surface area contributed by atoms with Gasteiger partial charge in [0.15, 0.2) is 11.5 Å². The Morgan fingerprint density at radius 2 is 2.22 bits per heavy atom. The van der Waals surface area contributed by atoms with Gasteiger partial charge < -0.3 is 9.26 Å². The minimum Gasteiger partial charge on any atom is -0.476 e. The Labute approximate surface area is 104 Å². The number of ether oxygens (including phenoxy) is 1. The number of aromatic nitrogens is 3. The predicted molar refractivity (Wildman–Crippen MR) is 63.1 cm³/mol. The average Bonchev–Trinajstić information content (AvgIpc) is 2.77. The molecule has 2 aromatic rings. The van der Waals surface area contributed by atoms with E-state index in [4.69, 9.17) is 9.26 Å². The minimum atomic E-state index is 0.151. The fourth-order valence-electron chi connectivity index (χ4n) is 1.79. The Bertz CT molecular complexity index is 536. The van der Waals surface area contributed by atoms with E-state index in [1.54, 1.807) is 12.4 Å². The van der Waals surface area contributed by atoms with E-state index in [0.29, 0.717) is 23.9 Å². The van der Waals surface area contributed by atoms with Crippen LogP contribution in [0.25, 0.3) is 11.4 Å². The van der Waals surface area contributed by atoms with Crippen molar-refractivity contribution in [1.82, 2.24) is 20.4 Å². The van der Waals surface area contributed by atoms with Gasteiger partial charge in [0.05, 0.1) is 12.6 Å². The average molecular weight is 245 g/mol. The maximum Gasteiger partial charge on any atom is 0.242 e. The molecule has 0 N–H and O–H groups in total. The summed E-state index contributed by atoms with van der Waals surface area (Å²) >= 11 is 0. The fraction of sp³-hybridized carbons (Fsp3) is 0.417. The maximum absolute atomic E-state index is 5.42. The van der Waals surface area contributed by atoms with Crippen LogP contribution >= 0.6 is 0 Å². The normalized spacial score (nSPS) is 18.4. The lowest BCUT2D eigenvalue weighted by Gasteiger charge is -2.21. The molecule has 6 heteroatoms. The van der Waals surface area contributed by atoms with Crippen molar-refractivity contribution in [2.75, 3.05) is 13.2 Å². The van der Waals surface area contributed by atoms with Crippen molar-refractivity contribution in [1.29, 1.82) is 0 Å². The van der Waals surface area contributed by atoms with E-state index in [1.807, 2.05) is 13.0 Å². The van der Waals surface area contributed by atoms with Crippen molar-refractivity contribution >= 4 is 0 Å². The zero-order valence-corrected chi connectivity index (χ0v) is 10.0. The summed E-state index contributed by atoms with van der Waals surface area (Å²) in [5, 5.41) is 8.32. The molecule has 1 aliphatic rings. The Kier molecular flexibility index (Phi) is 2.93. The van der Waals surface area contributed by atoms with Gasteiger partial charge in [-0.2, -0.15) is 0 Å². The van der Waals surface area contributed by atoms with E-state index in [9.17, 15) is 0 Å². The molecule has 0 amide bonds. The molecule has 0 bridgehead atoms. The third kappa shape index (κ3) is 1.95. The second-order valence-corrected chi connectivity index (χ2v) is 3.97. The molecule has 1 aliphatic heterocycles. The number of hydrogen-bond acceptors (Lipinski definition) is 5. The van der Waals surface area contributed by atoms with Crippen LogP contribution in [0.2, 0.25) is 0 Å². The van der Waals surface area contributed by atoms with Crippen LogP contribution in [0.4, 0.5) is 0 Å². The smallest absolute Gasteiger partial charge is 0.242 e. The Balaban J connectivity index is 1.91. The molecule has 1 unspecified atom stereocenters. The van der Waals surface area contributed by atoms with Gasteiger partial charge in [0.2, 0.25) is 5.88 Å². The molecule has 6 nitrogen and oxygen atoms in total. The molecular weight excluding hydrogens is 232 g/mol. The predicted octanol–water partition coefficient (Wildman–Crippen LogP) is 1.58. The second-order valence-electron chi connectivity index (χ2n) is 3.97. The summed E-state index contributed by atoms with van der Waals surface area (Å²) in [6.45, 7) is 3.34. The summed E-state index contributed by atoms with van der Waals surface area (Å²) in [7, 11) is 0. The highest BCUT2D eigenvalue weighted by Gasteiger charge is 2.25. The van der Waals surface area contributed by atoms with E-state index in [1.165, 1.54) is 0 Å². The third-order valence-electron chi connectivity index (χ3n) is 2.80. The maximum atomic E-state index is 5.42. The van der Waals surface area contributed by atoms with Crippen LogP contribution in [-0.4, -0.2) is 28.3 Å². The summed E-state index contributed by atoms with van der Waals surface area (Å²) < 4.78 is 10.7. The molecule has 1 saturated heterocycles. The first-order chi connectivity index (χ1) is 8.88. The van der Waals surface area contributed by atoms with Crippen molar-refractivity contribution in [3.8, 4) is 17.3 Å². The Morgan fingerprint density at radius 3 is 2.94 bits per heavy atom. The molecule has 3 heterocycles. The van der Waals surface area contributed by atoms with Gasteiger partial charge in [-0.1, -0.05) is 5.16 Å². The van der Waals surface area contributed by atoms with E-state index in [2.05, 4.69) is 20.4 Å². The SMILES string of the molecule is CCOc1nccnc1-c1cc(C2CC[N]2)on1. The molecular formula is C12H13N4O2. The molecule has 2 aromatic heterocycles. The van der Waals surface area contributed by atoms with Crippen molar-refractivity contribution in [3.05, 3.63) is 24.2 Å². The highest BCUT2D eigenvalue weighted by Crippen LogP contribution is 2.30. The van der Waals surface area contributed by atoms with Crippen molar-refractivity contribution in [3.63, 3.8) is 0 Å². The molecule has 93 valence electrons. The van der Waals surface area contributed by atoms with E-state index in [-0.39, 0.29) is 6.04 Å². The largest absolute Gasteiger partial charge is 0.476 e. The molecule has 0 saturated carbocycles. The molecule has 0 aliphatic carbocycles. The third-order valence-corrected chi connectivity index (χ3v) is 2.80. The van der Waals surface area contributed by atoms with E-state index in [0.717, 1.165) is 18.7 Å². The zero-order chi connectivity index (χ0) is 12.4. The summed E-state index contributed by atoms with van der Waals surface area (Å²) in [4.78, 5) is 8.39. The summed E-state index contributed by atoms with van der Waals surface area (Å²) in [6.07, 6.45) is 4.23. The van der Waals surface area contributed by atoms with Crippen molar-refractivity contribution in [2.24, 2.45) is 0 Å². The van der Waals surface area contributed by atoms with Gasteiger partial charge in [0.1, 0.15) is 5.69 Å². The number of rotatable bonds is 4. The molecule has 1 atom stereocenters. The quantitative estimate of drug-likeness (QED) is 0.817. The van der Waals surface area contributed by atoms with Crippen LogP contribution in [0.15, 0.2) is 23.0 Å². The van der Waals surface area contributed by atoms with Crippen LogP contribution < -0.4 is 10.1 Å². The molecule has 1 fully saturated rings. The fourth-order valence-corrected chi connectivity index (χ4v) is 1.79. The standard InChI is InChI=1S/C12H13N4O2/c1-2-17-12-11(14-5-6-15-12)9-7-10(18-16-9)8-3-4-13-8/h5-8H,2-4H2,1H3. The van der Waals surface area contributed by atoms with Crippen LogP contribution in [-0.2, 0) is 0 Å².